The van der Waals surface area contributed by atoms with Crippen molar-refractivity contribution >= 4 is 11.7 Å². The number of ether oxygens (including phenoxy) is 2. The third-order valence-electron chi connectivity index (χ3n) is 5.18. The zero-order chi connectivity index (χ0) is 18.4. The molecule has 1 saturated carbocycles. The number of carbonyl (C=O) groups is 1. The molecule has 1 aliphatic heterocycles. The van der Waals surface area contributed by atoms with Gasteiger partial charge in [0.1, 0.15) is 5.82 Å². The third-order valence-corrected chi connectivity index (χ3v) is 5.18. The van der Waals surface area contributed by atoms with E-state index >= 15 is 0 Å². The quantitative estimate of drug-likeness (QED) is 0.625. The number of pyridine rings is 1. The first-order valence-electron chi connectivity index (χ1n) is 9.85. The van der Waals surface area contributed by atoms with Gasteiger partial charge in [0.15, 0.2) is 6.29 Å². The van der Waals surface area contributed by atoms with Gasteiger partial charge in [0, 0.05) is 24.2 Å². The summed E-state index contributed by atoms with van der Waals surface area (Å²) in [6.07, 6.45) is 7.96. The number of nitrogens with zero attached hydrogens (tertiary/aromatic N) is 1. The molecule has 26 heavy (non-hydrogen) atoms. The molecule has 1 saturated heterocycles. The minimum Gasteiger partial charge on any atom is -0.367 e. The Morgan fingerprint density at radius 3 is 2.65 bits per heavy atom. The molecule has 0 spiro atoms. The molecule has 1 aliphatic carbocycles. The average Bonchev–Trinajstić information content (AvgIpc) is 3.27. The van der Waals surface area contributed by atoms with Gasteiger partial charge in [-0.15, -0.1) is 0 Å². The predicted octanol–water partition coefficient (Wildman–Crippen LogP) is 3.35. The van der Waals surface area contributed by atoms with Crippen LogP contribution in [0.2, 0.25) is 0 Å². The van der Waals surface area contributed by atoms with E-state index in [1.54, 1.807) is 6.20 Å². The van der Waals surface area contributed by atoms with Crippen LogP contribution in [0.25, 0.3) is 0 Å². The van der Waals surface area contributed by atoms with Crippen molar-refractivity contribution in [2.75, 3.05) is 25.1 Å². The molecular formula is C20H31N3O3. The Labute approximate surface area is 156 Å². The van der Waals surface area contributed by atoms with Gasteiger partial charge in [-0.2, -0.15) is 0 Å². The van der Waals surface area contributed by atoms with Crippen molar-refractivity contribution in [1.29, 1.82) is 0 Å². The normalized spacial score (nSPS) is 19.9. The SMILES string of the molecule is CCCC(C)(CCCNC(=O)c1ccc(NC2CC2)nc1)C1OCCO1. The van der Waals surface area contributed by atoms with Gasteiger partial charge < -0.3 is 20.1 Å². The number of aromatic nitrogens is 1. The number of nitrogens with one attached hydrogen (secondary N) is 2. The van der Waals surface area contributed by atoms with Gasteiger partial charge in [0.25, 0.3) is 5.91 Å². The standard InChI is InChI=1S/C20H31N3O3/c1-3-9-20(2,19-25-12-13-26-19)10-4-11-21-18(24)15-5-8-17(22-14-15)23-16-6-7-16/h5,8,14,16,19H,3-4,6-7,9-13H2,1-2H3,(H,21,24)(H,22,23). The van der Waals surface area contributed by atoms with E-state index in [-0.39, 0.29) is 17.6 Å². The Kier molecular flexibility index (Phi) is 6.48. The van der Waals surface area contributed by atoms with Gasteiger partial charge in [0.05, 0.1) is 18.8 Å². The highest BCUT2D eigenvalue weighted by atomic mass is 16.7. The van der Waals surface area contributed by atoms with Crippen LogP contribution in [0.5, 0.6) is 0 Å². The summed E-state index contributed by atoms with van der Waals surface area (Å²) in [5.41, 5.74) is 0.610. The molecule has 144 valence electrons. The van der Waals surface area contributed by atoms with Gasteiger partial charge in [-0.3, -0.25) is 4.79 Å². The summed E-state index contributed by atoms with van der Waals surface area (Å²) in [4.78, 5) is 16.6. The minimum absolute atomic E-state index is 0.00760. The molecule has 0 radical (unpaired) electrons. The first-order chi connectivity index (χ1) is 12.6. The first kappa shape index (κ1) is 19.1. The van der Waals surface area contributed by atoms with Gasteiger partial charge in [-0.05, 0) is 44.2 Å². The van der Waals surface area contributed by atoms with Crippen LogP contribution in [0.4, 0.5) is 5.82 Å². The van der Waals surface area contributed by atoms with Gasteiger partial charge in [0.2, 0.25) is 0 Å². The molecule has 0 bridgehead atoms. The Morgan fingerprint density at radius 2 is 2.04 bits per heavy atom. The van der Waals surface area contributed by atoms with Crippen molar-refractivity contribution < 1.29 is 14.3 Å². The van der Waals surface area contributed by atoms with Crippen molar-refractivity contribution in [2.45, 2.75) is 64.7 Å². The molecule has 2 fully saturated rings. The fraction of sp³-hybridized carbons (Fsp3) is 0.700. The van der Waals surface area contributed by atoms with Crippen LogP contribution in [-0.4, -0.2) is 43.0 Å². The molecule has 1 aromatic rings. The maximum absolute atomic E-state index is 12.3. The lowest BCUT2D eigenvalue weighted by Crippen LogP contribution is -2.34. The lowest BCUT2D eigenvalue weighted by atomic mass is 9.80. The van der Waals surface area contributed by atoms with E-state index in [2.05, 4.69) is 29.5 Å². The van der Waals surface area contributed by atoms with Gasteiger partial charge >= 0.3 is 0 Å². The fourth-order valence-electron chi connectivity index (χ4n) is 3.54. The second kappa shape index (κ2) is 8.82. The van der Waals surface area contributed by atoms with Crippen LogP contribution < -0.4 is 10.6 Å². The van der Waals surface area contributed by atoms with E-state index in [1.807, 2.05) is 12.1 Å². The van der Waals surface area contributed by atoms with Crippen molar-refractivity contribution in [1.82, 2.24) is 10.3 Å². The van der Waals surface area contributed by atoms with Crippen molar-refractivity contribution in [3.8, 4) is 0 Å². The van der Waals surface area contributed by atoms with Crippen LogP contribution >= 0.6 is 0 Å². The molecule has 1 unspecified atom stereocenters. The molecule has 1 aromatic heterocycles. The summed E-state index contributed by atoms with van der Waals surface area (Å²) in [7, 11) is 0. The van der Waals surface area contributed by atoms with Crippen LogP contribution in [0, 0.1) is 5.41 Å². The highest BCUT2D eigenvalue weighted by Gasteiger charge is 2.37. The number of carbonyl (C=O) groups excluding carboxylic acids is 1. The minimum atomic E-state index is -0.117. The number of amides is 1. The molecule has 6 heteroatoms. The Hall–Kier alpha value is -1.66. The molecule has 3 rings (SSSR count). The van der Waals surface area contributed by atoms with Crippen LogP contribution in [0.1, 0.15) is 62.7 Å². The molecule has 1 amide bonds. The third kappa shape index (κ3) is 5.17. The number of hydrogen-bond acceptors (Lipinski definition) is 5. The predicted molar refractivity (Wildman–Crippen MR) is 101 cm³/mol. The Bertz CT molecular complexity index is 582. The van der Waals surface area contributed by atoms with E-state index in [4.69, 9.17) is 9.47 Å². The maximum Gasteiger partial charge on any atom is 0.252 e. The van der Waals surface area contributed by atoms with E-state index in [0.717, 1.165) is 31.5 Å². The van der Waals surface area contributed by atoms with Gasteiger partial charge in [-0.1, -0.05) is 20.3 Å². The largest absolute Gasteiger partial charge is 0.367 e. The molecule has 2 heterocycles. The smallest absolute Gasteiger partial charge is 0.252 e. The summed E-state index contributed by atoms with van der Waals surface area (Å²) in [5, 5.41) is 6.32. The second-order valence-corrected chi connectivity index (χ2v) is 7.69. The number of hydrogen-bond donors (Lipinski definition) is 2. The van der Waals surface area contributed by atoms with Crippen LogP contribution in [-0.2, 0) is 9.47 Å². The summed E-state index contributed by atoms with van der Waals surface area (Å²) >= 11 is 0. The molecule has 1 atom stereocenters. The van der Waals surface area contributed by atoms with Crippen molar-refractivity contribution in [3.63, 3.8) is 0 Å². The summed E-state index contributed by atoms with van der Waals surface area (Å²) < 4.78 is 11.5. The van der Waals surface area contributed by atoms with E-state index in [0.29, 0.717) is 31.4 Å². The Morgan fingerprint density at radius 1 is 1.27 bits per heavy atom. The summed E-state index contributed by atoms with van der Waals surface area (Å²) in [6, 6.07) is 4.27. The van der Waals surface area contributed by atoms with E-state index in [1.165, 1.54) is 12.8 Å². The van der Waals surface area contributed by atoms with Crippen molar-refractivity contribution in [2.24, 2.45) is 5.41 Å². The monoisotopic (exact) mass is 361 g/mol. The molecule has 2 aliphatic rings. The number of anilines is 1. The molecule has 0 aromatic carbocycles. The van der Waals surface area contributed by atoms with Crippen LogP contribution in [0.15, 0.2) is 18.3 Å². The average molecular weight is 361 g/mol. The second-order valence-electron chi connectivity index (χ2n) is 7.69. The Balaban J connectivity index is 1.42. The fourth-order valence-corrected chi connectivity index (χ4v) is 3.54. The topological polar surface area (TPSA) is 72.5 Å². The molecule has 2 N–H and O–H groups in total. The highest BCUT2D eigenvalue weighted by molar-refractivity contribution is 5.94. The maximum atomic E-state index is 12.3. The lowest BCUT2D eigenvalue weighted by Gasteiger charge is -2.34. The summed E-state index contributed by atoms with van der Waals surface area (Å²) in [5.74, 6) is 0.775. The van der Waals surface area contributed by atoms with Gasteiger partial charge in [-0.25, -0.2) is 4.98 Å². The zero-order valence-corrected chi connectivity index (χ0v) is 15.9. The zero-order valence-electron chi connectivity index (χ0n) is 15.9. The lowest BCUT2D eigenvalue weighted by molar-refractivity contribution is -0.133. The van der Waals surface area contributed by atoms with E-state index < -0.39 is 0 Å². The molecule has 6 nitrogen and oxygen atoms in total. The highest BCUT2D eigenvalue weighted by Crippen LogP contribution is 2.37. The summed E-state index contributed by atoms with van der Waals surface area (Å²) in [6.45, 7) is 6.42. The molecular weight excluding hydrogens is 330 g/mol. The van der Waals surface area contributed by atoms with E-state index in [9.17, 15) is 4.79 Å². The number of rotatable bonds is 10. The first-order valence-corrected chi connectivity index (χ1v) is 9.85. The van der Waals surface area contributed by atoms with Crippen LogP contribution in [0.3, 0.4) is 0 Å². The van der Waals surface area contributed by atoms with Crippen molar-refractivity contribution in [3.05, 3.63) is 23.9 Å².